The zero-order chi connectivity index (χ0) is 12.4. The number of rotatable bonds is 1. The summed E-state index contributed by atoms with van der Waals surface area (Å²) in [6, 6.07) is 6.18. The smallest absolute Gasteiger partial charge is 0.184 e. The van der Waals surface area contributed by atoms with E-state index < -0.39 is 0 Å². The predicted octanol–water partition coefficient (Wildman–Crippen LogP) is 1.50. The van der Waals surface area contributed by atoms with Crippen LogP contribution in [-0.2, 0) is 0 Å². The van der Waals surface area contributed by atoms with E-state index >= 15 is 0 Å². The van der Waals surface area contributed by atoms with Gasteiger partial charge in [0.1, 0.15) is 0 Å². The number of anilines is 1. The molecule has 1 aromatic rings. The number of para-hydroxylation sites is 1. The van der Waals surface area contributed by atoms with Crippen molar-refractivity contribution in [3.05, 3.63) is 18.2 Å². The molecule has 4 nitrogen and oxygen atoms in total. The first-order valence-electron chi connectivity index (χ1n) is 6.69. The van der Waals surface area contributed by atoms with Crippen LogP contribution in [0.5, 0.6) is 11.5 Å². The summed E-state index contributed by atoms with van der Waals surface area (Å²) >= 11 is 0. The van der Waals surface area contributed by atoms with Crippen molar-refractivity contribution in [1.82, 2.24) is 5.32 Å². The Balaban J connectivity index is 1.90. The molecular weight excluding hydrogens is 228 g/mol. The van der Waals surface area contributed by atoms with Crippen molar-refractivity contribution in [3.8, 4) is 11.5 Å². The van der Waals surface area contributed by atoms with Gasteiger partial charge in [0.15, 0.2) is 11.5 Å². The molecule has 0 aromatic heterocycles. The third kappa shape index (κ3) is 2.25. The Hall–Kier alpha value is -1.42. The second kappa shape index (κ2) is 5.06. The fourth-order valence-corrected chi connectivity index (χ4v) is 2.42. The second-order valence-corrected chi connectivity index (χ2v) is 5.07. The van der Waals surface area contributed by atoms with E-state index in [1.807, 2.05) is 6.07 Å². The van der Waals surface area contributed by atoms with Crippen LogP contribution in [0.2, 0.25) is 0 Å². The first kappa shape index (κ1) is 11.7. The van der Waals surface area contributed by atoms with E-state index in [0.29, 0.717) is 5.92 Å². The largest absolute Gasteiger partial charge is 0.489 e. The molecule has 2 aliphatic heterocycles. The molecule has 2 aliphatic rings. The molecule has 4 heteroatoms. The van der Waals surface area contributed by atoms with Crippen molar-refractivity contribution >= 4 is 5.69 Å². The molecule has 1 fully saturated rings. The maximum absolute atomic E-state index is 5.96. The summed E-state index contributed by atoms with van der Waals surface area (Å²) in [5, 5.41) is 3.37. The lowest BCUT2D eigenvalue weighted by molar-refractivity contribution is 0.228. The van der Waals surface area contributed by atoms with Crippen LogP contribution in [0.15, 0.2) is 18.2 Å². The molecule has 0 saturated carbocycles. The van der Waals surface area contributed by atoms with E-state index in [4.69, 9.17) is 9.47 Å². The number of nitrogens with zero attached hydrogens (tertiary/aromatic N) is 1. The van der Waals surface area contributed by atoms with Crippen molar-refractivity contribution < 1.29 is 9.47 Å². The lowest BCUT2D eigenvalue weighted by atomic mass is 10.2. The van der Waals surface area contributed by atoms with E-state index in [0.717, 1.165) is 50.9 Å². The number of hydrogen-bond donors (Lipinski definition) is 1. The number of nitrogens with one attached hydrogen (secondary N) is 1. The van der Waals surface area contributed by atoms with Gasteiger partial charge in [0.25, 0.3) is 0 Å². The maximum atomic E-state index is 5.96. The molecule has 98 valence electrons. The predicted molar refractivity (Wildman–Crippen MR) is 71.7 cm³/mol. The highest BCUT2D eigenvalue weighted by atomic mass is 16.5. The summed E-state index contributed by atoms with van der Waals surface area (Å²) in [4.78, 5) is 2.37. The van der Waals surface area contributed by atoms with Crippen LogP contribution >= 0.6 is 0 Å². The van der Waals surface area contributed by atoms with Crippen LogP contribution in [0.1, 0.15) is 6.92 Å². The molecule has 1 aromatic carbocycles. The Morgan fingerprint density at radius 2 is 1.94 bits per heavy atom. The van der Waals surface area contributed by atoms with Gasteiger partial charge in [-0.2, -0.15) is 0 Å². The van der Waals surface area contributed by atoms with Gasteiger partial charge in [-0.3, -0.25) is 0 Å². The molecule has 1 saturated heterocycles. The maximum Gasteiger partial charge on any atom is 0.184 e. The first-order valence-corrected chi connectivity index (χ1v) is 6.69. The van der Waals surface area contributed by atoms with Gasteiger partial charge in [0.2, 0.25) is 0 Å². The van der Waals surface area contributed by atoms with E-state index in [1.165, 1.54) is 5.69 Å². The average Bonchev–Trinajstić information content (AvgIpc) is 2.62. The van der Waals surface area contributed by atoms with Gasteiger partial charge in [-0.25, -0.2) is 0 Å². The van der Waals surface area contributed by atoms with Crippen LogP contribution in [-0.4, -0.2) is 39.4 Å². The Kier molecular flexibility index (Phi) is 3.28. The zero-order valence-electron chi connectivity index (χ0n) is 10.8. The molecule has 0 radical (unpaired) electrons. The number of piperazine rings is 1. The molecule has 1 N–H and O–H groups in total. The highest BCUT2D eigenvalue weighted by Gasteiger charge is 2.21. The van der Waals surface area contributed by atoms with Gasteiger partial charge in [-0.05, 0) is 12.1 Å². The van der Waals surface area contributed by atoms with E-state index in [1.54, 1.807) is 0 Å². The van der Waals surface area contributed by atoms with Crippen LogP contribution in [0.4, 0.5) is 5.69 Å². The average molecular weight is 248 g/mol. The molecule has 0 spiro atoms. The van der Waals surface area contributed by atoms with Crippen molar-refractivity contribution in [3.63, 3.8) is 0 Å². The van der Waals surface area contributed by atoms with Crippen LogP contribution < -0.4 is 19.7 Å². The molecule has 1 atom stereocenters. The summed E-state index contributed by atoms with van der Waals surface area (Å²) in [6.45, 7) is 7.72. The molecule has 3 rings (SSSR count). The Morgan fingerprint density at radius 1 is 1.17 bits per heavy atom. The first-order chi connectivity index (χ1) is 8.84. The van der Waals surface area contributed by atoms with E-state index in [2.05, 4.69) is 29.3 Å². The highest BCUT2D eigenvalue weighted by molar-refractivity contribution is 5.65. The molecule has 18 heavy (non-hydrogen) atoms. The minimum absolute atomic E-state index is 0.438. The van der Waals surface area contributed by atoms with Gasteiger partial charge in [-0.15, -0.1) is 0 Å². The molecule has 0 amide bonds. The molecule has 0 aliphatic carbocycles. The van der Waals surface area contributed by atoms with Gasteiger partial charge in [0.05, 0.1) is 18.9 Å². The number of hydrogen-bond acceptors (Lipinski definition) is 4. The monoisotopic (exact) mass is 248 g/mol. The lowest BCUT2D eigenvalue weighted by Crippen LogP contribution is -2.43. The molecule has 2 heterocycles. The highest BCUT2D eigenvalue weighted by Crippen LogP contribution is 2.39. The minimum Gasteiger partial charge on any atom is -0.489 e. The van der Waals surface area contributed by atoms with E-state index in [9.17, 15) is 0 Å². The van der Waals surface area contributed by atoms with Crippen molar-refractivity contribution in [1.29, 1.82) is 0 Å². The third-order valence-corrected chi connectivity index (χ3v) is 3.45. The Morgan fingerprint density at radius 3 is 2.78 bits per heavy atom. The summed E-state index contributed by atoms with van der Waals surface area (Å²) in [5.41, 5.74) is 1.17. The van der Waals surface area contributed by atoms with Gasteiger partial charge >= 0.3 is 0 Å². The fraction of sp³-hybridized carbons (Fsp3) is 0.571. The van der Waals surface area contributed by atoms with Crippen molar-refractivity contribution in [2.45, 2.75) is 6.92 Å². The van der Waals surface area contributed by atoms with Crippen LogP contribution in [0.3, 0.4) is 0 Å². The quantitative estimate of drug-likeness (QED) is 0.816. The minimum atomic E-state index is 0.438. The van der Waals surface area contributed by atoms with Crippen LogP contribution in [0, 0.1) is 5.92 Å². The molecule has 1 unspecified atom stereocenters. The van der Waals surface area contributed by atoms with Gasteiger partial charge < -0.3 is 19.7 Å². The standard InChI is InChI=1S/C14H20N2O2/c1-11-9-17-13-4-2-3-12(14(13)18-10-11)16-7-5-15-6-8-16/h2-4,11,15H,5-10H2,1H3. The normalized spacial score (nSPS) is 23.6. The Bertz CT molecular complexity index is 416. The van der Waals surface area contributed by atoms with E-state index in [-0.39, 0.29) is 0 Å². The number of benzene rings is 1. The zero-order valence-corrected chi connectivity index (χ0v) is 10.8. The SMILES string of the molecule is CC1COc2cccc(N3CCNCC3)c2OC1. The number of ether oxygens (including phenoxy) is 2. The van der Waals surface area contributed by atoms with Crippen molar-refractivity contribution in [2.24, 2.45) is 5.92 Å². The van der Waals surface area contributed by atoms with Crippen LogP contribution in [0.25, 0.3) is 0 Å². The van der Waals surface area contributed by atoms with Crippen molar-refractivity contribution in [2.75, 3.05) is 44.3 Å². The topological polar surface area (TPSA) is 33.7 Å². The summed E-state index contributed by atoms with van der Waals surface area (Å²) in [6.07, 6.45) is 0. The molecule has 0 bridgehead atoms. The molecular formula is C14H20N2O2. The second-order valence-electron chi connectivity index (χ2n) is 5.07. The van der Waals surface area contributed by atoms with Gasteiger partial charge in [-0.1, -0.05) is 13.0 Å². The fourth-order valence-electron chi connectivity index (χ4n) is 2.42. The Labute approximate surface area is 108 Å². The third-order valence-electron chi connectivity index (χ3n) is 3.45. The summed E-state index contributed by atoms with van der Waals surface area (Å²) in [7, 11) is 0. The lowest BCUT2D eigenvalue weighted by Gasteiger charge is -2.31. The van der Waals surface area contributed by atoms with Gasteiger partial charge in [0, 0.05) is 32.1 Å². The summed E-state index contributed by atoms with van der Waals surface area (Å²) in [5.74, 6) is 2.24. The number of fused-ring (bicyclic) bond motifs is 1. The summed E-state index contributed by atoms with van der Waals surface area (Å²) < 4.78 is 11.8.